The van der Waals surface area contributed by atoms with Gasteiger partial charge < -0.3 is 9.47 Å². The normalized spacial score (nSPS) is 10.6. The van der Waals surface area contributed by atoms with E-state index in [1.165, 1.54) is 0 Å². The van der Waals surface area contributed by atoms with E-state index in [4.69, 9.17) is 9.47 Å². The van der Waals surface area contributed by atoms with Gasteiger partial charge in [-0.15, -0.1) is 0 Å². The van der Waals surface area contributed by atoms with Crippen molar-refractivity contribution in [1.29, 1.82) is 0 Å². The van der Waals surface area contributed by atoms with Gasteiger partial charge in [-0.3, -0.25) is 9.59 Å². The molecule has 0 aliphatic rings. The number of rotatable bonds is 13. The number of ether oxygens (including phenoxy) is 2. The molecule has 0 bridgehead atoms. The molecule has 0 heterocycles. The molecule has 0 saturated heterocycles. The fourth-order valence-electron chi connectivity index (χ4n) is 2.97. The van der Waals surface area contributed by atoms with E-state index in [9.17, 15) is 9.59 Å². The van der Waals surface area contributed by atoms with Crippen molar-refractivity contribution < 1.29 is 19.1 Å². The average Bonchev–Trinajstić information content (AvgIpc) is 2.73. The summed E-state index contributed by atoms with van der Waals surface area (Å²) in [4.78, 5) is 23.6. The van der Waals surface area contributed by atoms with E-state index in [0.717, 1.165) is 56.8 Å². The molecule has 30 heavy (non-hydrogen) atoms. The quantitative estimate of drug-likeness (QED) is 0.138. The number of esters is 2. The standard InChI is InChI=1S/C24H28I2O4/c25-21-11-7-9-19(15-21)17-29-23(27)13-5-3-1-2-4-6-14-24(28)30-18-20-10-8-12-22(26)16-20/h7-12,15-16H,1-6,13-14,17-18H2. The van der Waals surface area contributed by atoms with Crippen LogP contribution in [0.2, 0.25) is 0 Å². The van der Waals surface area contributed by atoms with Crippen molar-refractivity contribution in [2.75, 3.05) is 0 Å². The third-order valence-corrected chi connectivity index (χ3v) is 5.93. The molecule has 0 aliphatic carbocycles. The van der Waals surface area contributed by atoms with E-state index < -0.39 is 0 Å². The Labute approximate surface area is 206 Å². The van der Waals surface area contributed by atoms with Crippen LogP contribution >= 0.6 is 45.2 Å². The van der Waals surface area contributed by atoms with Crippen molar-refractivity contribution in [2.24, 2.45) is 0 Å². The number of carbonyl (C=O) groups is 2. The molecular weight excluding hydrogens is 606 g/mol. The van der Waals surface area contributed by atoms with Gasteiger partial charge in [0.25, 0.3) is 0 Å². The van der Waals surface area contributed by atoms with Gasteiger partial charge in [0, 0.05) is 20.0 Å². The van der Waals surface area contributed by atoms with Crippen LogP contribution in [-0.4, -0.2) is 11.9 Å². The highest BCUT2D eigenvalue weighted by molar-refractivity contribution is 14.1. The van der Waals surface area contributed by atoms with Crippen LogP contribution in [0.25, 0.3) is 0 Å². The first kappa shape index (κ1) is 25.1. The summed E-state index contributed by atoms with van der Waals surface area (Å²) in [5.74, 6) is -0.269. The summed E-state index contributed by atoms with van der Waals surface area (Å²) in [6.07, 6.45) is 6.80. The first-order valence-corrected chi connectivity index (χ1v) is 12.5. The first-order chi connectivity index (χ1) is 14.5. The number of halogens is 2. The Hall–Kier alpha value is -1.16. The Balaban J connectivity index is 1.42. The second-order valence-electron chi connectivity index (χ2n) is 7.20. The van der Waals surface area contributed by atoms with E-state index in [-0.39, 0.29) is 11.9 Å². The van der Waals surface area contributed by atoms with Crippen LogP contribution in [0.1, 0.15) is 62.5 Å². The molecular formula is C24H28I2O4. The molecule has 2 aromatic rings. The van der Waals surface area contributed by atoms with Gasteiger partial charge in [-0.25, -0.2) is 0 Å². The Kier molecular flexibility index (Phi) is 12.4. The second-order valence-corrected chi connectivity index (χ2v) is 9.69. The molecule has 2 aromatic carbocycles. The van der Waals surface area contributed by atoms with E-state index in [1.54, 1.807) is 0 Å². The second kappa shape index (κ2) is 14.8. The highest BCUT2D eigenvalue weighted by atomic mass is 127. The molecule has 0 spiro atoms. The maximum atomic E-state index is 11.8. The fourth-order valence-corrected chi connectivity index (χ4v) is 4.19. The summed E-state index contributed by atoms with van der Waals surface area (Å²) < 4.78 is 12.9. The van der Waals surface area contributed by atoms with Gasteiger partial charge in [-0.1, -0.05) is 49.9 Å². The van der Waals surface area contributed by atoms with Gasteiger partial charge in [0.1, 0.15) is 13.2 Å². The van der Waals surface area contributed by atoms with Gasteiger partial charge in [0.05, 0.1) is 0 Å². The lowest BCUT2D eigenvalue weighted by Gasteiger charge is -2.06. The Morgan fingerprint density at radius 3 is 1.43 bits per heavy atom. The monoisotopic (exact) mass is 634 g/mol. The maximum absolute atomic E-state index is 11.8. The molecule has 0 amide bonds. The molecule has 6 heteroatoms. The van der Waals surface area contributed by atoms with E-state index >= 15 is 0 Å². The lowest BCUT2D eigenvalue weighted by Crippen LogP contribution is -2.04. The number of hydrogen-bond donors (Lipinski definition) is 0. The third-order valence-electron chi connectivity index (χ3n) is 4.59. The van der Waals surface area contributed by atoms with Crippen molar-refractivity contribution in [2.45, 2.75) is 64.6 Å². The van der Waals surface area contributed by atoms with Gasteiger partial charge >= 0.3 is 11.9 Å². The minimum atomic E-state index is -0.135. The van der Waals surface area contributed by atoms with Crippen LogP contribution in [-0.2, 0) is 32.3 Å². The Morgan fingerprint density at radius 2 is 1.03 bits per heavy atom. The van der Waals surface area contributed by atoms with Crippen molar-refractivity contribution in [1.82, 2.24) is 0 Å². The minimum Gasteiger partial charge on any atom is -0.461 e. The summed E-state index contributed by atoms with van der Waals surface area (Å²) >= 11 is 4.50. The van der Waals surface area contributed by atoms with Gasteiger partial charge in [0.15, 0.2) is 0 Å². The zero-order valence-corrected chi connectivity index (χ0v) is 21.4. The van der Waals surface area contributed by atoms with Crippen LogP contribution in [0.4, 0.5) is 0 Å². The first-order valence-electron chi connectivity index (χ1n) is 10.3. The van der Waals surface area contributed by atoms with Crippen LogP contribution in [0.5, 0.6) is 0 Å². The maximum Gasteiger partial charge on any atom is 0.306 e. The molecule has 0 saturated carbocycles. The largest absolute Gasteiger partial charge is 0.461 e. The number of carbonyl (C=O) groups excluding carboxylic acids is 2. The molecule has 0 fully saturated rings. The van der Waals surface area contributed by atoms with Crippen molar-refractivity contribution in [3.63, 3.8) is 0 Å². The summed E-state index contributed by atoms with van der Waals surface area (Å²) in [7, 11) is 0. The number of hydrogen-bond acceptors (Lipinski definition) is 4. The van der Waals surface area contributed by atoms with Gasteiger partial charge in [-0.05, 0) is 93.4 Å². The summed E-state index contributed by atoms with van der Waals surface area (Å²) in [5.41, 5.74) is 2.04. The van der Waals surface area contributed by atoms with Gasteiger partial charge in [-0.2, -0.15) is 0 Å². The number of benzene rings is 2. The van der Waals surface area contributed by atoms with Crippen LogP contribution in [0.15, 0.2) is 48.5 Å². The van der Waals surface area contributed by atoms with Crippen molar-refractivity contribution in [3.8, 4) is 0 Å². The SMILES string of the molecule is O=C(CCCCCCCCC(=O)OCc1cccc(I)c1)OCc1cccc(I)c1. The lowest BCUT2D eigenvalue weighted by atomic mass is 10.1. The fraction of sp³-hybridized carbons (Fsp3) is 0.417. The van der Waals surface area contributed by atoms with E-state index in [0.29, 0.717) is 26.1 Å². The lowest BCUT2D eigenvalue weighted by molar-refractivity contribution is -0.146. The zero-order chi connectivity index (χ0) is 21.6. The average molecular weight is 634 g/mol. The third kappa shape index (κ3) is 11.3. The molecule has 162 valence electrons. The Bertz CT molecular complexity index is 740. The predicted octanol–water partition coefficient (Wildman–Crippen LogP) is 6.80. The molecule has 4 nitrogen and oxygen atoms in total. The highest BCUT2D eigenvalue weighted by Gasteiger charge is 2.05. The zero-order valence-electron chi connectivity index (χ0n) is 17.1. The molecule has 0 unspecified atom stereocenters. The van der Waals surface area contributed by atoms with Crippen molar-refractivity contribution >= 4 is 57.1 Å². The van der Waals surface area contributed by atoms with Crippen LogP contribution in [0.3, 0.4) is 0 Å². The van der Waals surface area contributed by atoms with E-state index in [1.807, 2.05) is 48.5 Å². The van der Waals surface area contributed by atoms with Crippen LogP contribution < -0.4 is 0 Å². The smallest absolute Gasteiger partial charge is 0.306 e. The van der Waals surface area contributed by atoms with E-state index in [2.05, 4.69) is 45.2 Å². The van der Waals surface area contributed by atoms with Gasteiger partial charge in [0.2, 0.25) is 0 Å². The number of unbranched alkanes of at least 4 members (excludes halogenated alkanes) is 5. The molecule has 0 atom stereocenters. The molecule has 0 aromatic heterocycles. The van der Waals surface area contributed by atoms with Crippen molar-refractivity contribution in [3.05, 3.63) is 66.8 Å². The summed E-state index contributed by atoms with van der Waals surface area (Å²) in [6.45, 7) is 0.685. The Morgan fingerprint density at radius 1 is 0.633 bits per heavy atom. The highest BCUT2D eigenvalue weighted by Crippen LogP contribution is 2.13. The summed E-state index contributed by atoms with van der Waals surface area (Å²) in [5, 5.41) is 0. The molecule has 2 rings (SSSR count). The molecule has 0 aliphatic heterocycles. The topological polar surface area (TPSA) is 52.6 Å². The predicted molar refractivity (Wildman–Crippen MR) is 135 cm³/mol. The summed E-state index contributed by atoms with van der Waals surface area (Å²) in [6, 6.07) is 15.9. The van der Waals surface area contributed by atoms with Crippen LogP contribution in [0, 0.1) is 7.14 Å². The molecule has 0 radical (unpaired) electrons. The minimum absolute atomic E-state index is 0.135. The molecule has 0 N–H and O–H groups in total.